The lowest BCUT2D eigenvalue weighted by Gasteiger charge is -2.19. The molecule has 0 heterocycles. The molecule has 9 heavy (non-hydrogen) atoms. The summed E-state index contributed by atoms with van der Waals surface area (Å²) < 4.78 is 0. The van der Waals surface area contributed by atoms with Gasteiger partial charge in [-0.1, -0.05) is 12.8 Å². The number of rotatable bonds is 1. The van der Waals surface area contributed by atoms with Crippen LogP contribution in [0.3, 0.4) is 0 Å². The minimum atomic E-state index is 0.878. The maximum absolute atomic E-state index is 3.40. The quantitative estimate of drug-likeness (QED) is 0.558. The summed E-state index contributed by atoms with van der Waals surface area (Å²) in [5.74, 6) is 2.19. The van der Waals surface area contributed by atoms with Gasteiger partial charge < -0.3 is 5.32 Å². The second kappa shape index (κ2) is 1.98. The van der Waals surface area contributed by atoms with Gasteiger partial charge in [-0.2, -0.15) is 0 Å². The number of hydrogen-bond donors (Lipinski definition) is 1. The largest absolute Gasteiger partial charge is 0.317 e. The predicted molar refractivity (Wildman–Crippen MR) is 38.3 cm³/mol. The Labute approximate surface area is 56.8 Å². The normalized spacial score (nSPS) is 48.3. The van der Waals surface area contributed by atoms with E-state index in [1.807, 2.05) is 0 Å². The molecular weight excluding hydrogens is 110 g/mol. The van der Waals surface area contributed by atoms with Crippen molar-refractivity contribution in [3.8, 4) is 0 Å². The fourth-order valence-corrected chi connectivity index (χ4v) is 2.27. The van der Waals surface area contributed by atoms with E-state index in [1.165, 1.54) is 25.7 Å². The summed E-state index contributed by atoms with van der Waals surface area (Å²) in [7, 11) is 2.10. The molecule has 0 aromatic rings. The van der Waals surface area contributed by atoms with E-state index in [1.54, 1.807) is 0 Å². The monoisotopic (exact) mass is 125 g/mol. The minimum Gasteiger partial charge on any atom is -0.317 e. The van der Waals surface area contributed by atoms with Crippen LogP contribution in [0.5, 0.6) is 0 Å². The molecule has 0 aromatic carbocycles. The molecule has 2 aliphatic carbocycles. The molecular formula is C8H15N. The third-order valence-corrected chi connectivity index (χ3v) is 2.95. The van der Waals surface area contributed by atoms with Crippen LogP contribution in [0.1, 0.15) is 25.7 Å². The van der Waals surface area contributed by atoms with Crippen molar-refractivity contribution in [2.45, 2.75) is 31.7 Å². The van der Waals surface area contributed by atoms with Gasteiger partial charge in [-0.15, -0.1) is 0 Å². The Morgan fingerprint density at radius 2 is 2.22 bits per heavy atom. The van der Waals surface area contributed by atoms with Crippen molar-refractivity contribution in [1.29, 1.82) is 0 Å². The molecule has 52 valence electrons. The van der Waals surface area contributed by atoms with Crippen molar-refractivity contribution in [1.82, 2.24) is 5.32 Å². The highest BCUT2D eigenvalue weighted by molar-refractivity contribution is 4.97. The first-order valence-corrected chi connectivity index (χ1v) is 4.09. The van der Waals surface area contributed by atoms with Crippen molar-refractivity contribution in [3.63, 3.8) is 0 Å². The summed E-state index contributed by atoms with van der Waals surface area (Å²) in [4.78, 5) is 0. The van der Waals surface area contributed by atoms with Crippen molar-refractivity contribution < 1.29 is 0 Å². The van der Waals surface area contributed by atoms with Crippen LogP contribution < -0.4 is 5.32 Å². The van der Waals surface area contributed by atoms with Crippen LogP contribution in [0, 0.1) is 11.8 Å². The van der Waals surface area contributed by atoms with Gasteiger partial charge in [0.2, 0.25) is 0 Å². The Balaban J connectivity index is 1.93. The van der Waals surface area contributed by atoms with Crippen LogP contribution in [0.2, 0.25) is 0 Å². The summed E-state index contributed by atoms with van der Waals surface area (Å²) in [5, 5.41) is 3.40. The minimum absolute atomic E-state index is 0.878. The summed E-state index contributed by atoms with van der Waals surface area (Å²) in [6.45, 7) is 0. The number of hydrogen-bond acceptors (Lipinski definition) is 1. The first-order chi connectivity index (χ1) is 4.42. The van der Waals surface area contributed by atoms with Crippen molar-refractivity contribution in [2.75, 3.05) is 7.05 Å². The molecule has 0 bridgehead atoms. The molecule has 2 saturated carbocycles. The highest BCUT2D eigenvalue weighted by Gasteiger charge is 2.44. The van der Waals surface area contributed by atoms with Crippen LogP contribution in [-0.4, -0.2) is 13.1 Å². The van der Waals surface area contributed by atoms with Crippen molar-refractivity contribution in [2.24, 2.45) is 11.8 Å². The molecule has 0 saturated heterocycles. The highest BCUT2D eigenvalue weighted by atomic mass is 14.9. The average molecular weight is 125 g/mol. The van der Waals surface area contributed by atoms with E-state index in [-0.39, 0.29) is 0 Å². The Hall–Kier alpha value is -0.0400. The van der Waals surface area contributed by atoms with Crippen LogP contribution in [0.15, 0.2) is 0 Å². The second-order valence-corrected chi connectivity index (χ2v) is 3.49. The van der Waals surface area contributed by atoms with Crippen LogP contribution >= 0.6 is 0 Å². The molecule has 1 N–H and O–H groups in total. The SMILES string of the molecule is CNC1CCCC2CC21. The number of fused-ring (bicyclic) bond motifs is 1. The van der Waals surface area contributed by atoms with E-state index in [2.05, 4.69) is 12.4 Å². The van der Waals surface area contributed by atoms with Gasteiger partial charge in [0.25, 0.3) is 0 Å². The molecule has 1 nitrogen and oxygen atoms in total. The Morgan fingerprint density at radius 3 is 2.89 bits per heavy atom. The van der Waals surface area contributed by atoms with E-state index in [4.69, 9.17) is 0 Å². The van der Waals surface area contributed by atoms with E-state index in [0.717, 1.165) is 17.9 Å². The van der Waals surface area contributed by atoms with Gasteiger partial charge in [-0.05, 0) is 31.7 Å². The molecule has 0 spiro atoms. The summed E-state index contributed by atoms with van der Waals surface area (Å²) in [5.41, 5.74) is 0. The molecule has 0 aliphatic heterocycles. The van der Waals surface area contributed by atoms with Crippen molar-refractivity contribution >= 4 is 0 Å². The zero-order chi connectivity index (χ0) is 6.27. The van der Waals surface area contributed by atoms with Gasteiger partial charge in [0.15, 0.2) is 0 Å². The molecule has 2 aliphatic rings. The molecule has 3 atom stereocenters. The second-order valence-electron chi connectivity index (χ2n) is 3.49. The van der Waals surface area contributed by atoms with Gasteiger partial charge in [-0.25, -0.2) is 0 Å². The maximum Gasteiger partial charge on any atom is 0.00950 e. The standard InChI is InChI=1S/C8H15N/c1-9-8-4-2-3-6-5-7(6)8/h6-9H,2-5H2,1H3. The Kier molecular flexibility index (Phi) is 1.26. The highest BCUT2D eigenvalue weighted by Crippen LogP contribution is 2.49. The summed E-state index contributed by atoms with van der Waals surface area (Å²) >= 11 is 0. The topological polar surface area (TPSA) is 12.0 Å². The molecule has 2 rings (SSSR count). The third-order valence-electron chi connectivity index (χ3n) is 2.95. The van der Waals surface area contributed by atoms with Crippen LogP contribution in [0.25, 0.3) is 0 Å². The molecule has 0 amide bonds. The molecule has 2 fully saturated rings. The zero-order valence-electron chi connectivity index (χ0n) is 6.06. The average Bonchev–Trinajstić information content (AvgIpc) is 2.64. The Morgan fingerprint density at radius 1 is 1.33 bits per heavy atom. The lowest BCUT2D eigenvalue weighted by Crippen LogP contribution is -2.30. The number of nitrogens with one attached hydrogen (secondary N) is 1. The lowest BCUT2D eigenvalue weighted by molar-refractivity contribution is 0.373. The van der Waals surface area contributed by atoms with Gasteiger partial charge in [-0.3, -0.25) is 0 Å². The zero-order valence-corrected chi connectivity index (χ0v) is 6.06. The van der Waals surface area contributed by atoms with E-state index < -0.39 is 0 Å². The lowest BCUT2D eigenvalue weighted by atomic mass is 9.96. The molecule has 0 radical (unpaired) electrons. The summed E-state index contributed by atoms with van der Waals surface area (Å²) in [6.07, 6.45) is 5.93. The molecule has 3 unspecified atom stereocenters. The van der Waals surface area contributed by atoms with E-state index >= 15 is 0 Å². The fraction of sp³-hybridized carbons (Fsp3) is 1.00. The van der Waals surface area contributed by atoms with Gasteiger partial charge in [0.05, 0.1) is 0 Å². The van der Waals surface area contributed by atoms with Crippen molar-refractivity contribution in [3.05, 3.63) is 0 Å². The first kappa shape index (κ1) is 5.72. The van der Waals surface area contributed by atoms with E-state index in [0.29, 0.717) is 0 Å². The van der Waals surface area contributed by atoms with Crippen LogP contribution in [-0.2, 0) is 0 Å². The van der Waals surface area contributed by atoms with Gasteiger partial charge >= 0.3 is 0 Å². The van der Waals surface area contributed by atoms with Gasteiger partial charge in [0, 0.05) is 6.04 Å². The van der Waals surface area contributed by atoms with Crippen LogP contribution in [0.4, 0.5) is 0 Å². The van der Waals surface area contributed by atoms with Gasteiger partial charge in [0.1, 0.15) is 0 Å². The molecule has 0 aromatic heterocycles. The maximum atomic E-state index is 3.40. The Bertz CT molecular complexity index is 111. The molecule has 1 heteroatoms. The smallest absolute Gasteiger partial charge is 0.00950 e. The first-order valence-electron chi connectivity index (χ1n) is 4.09. The van der Waals surface area contributed by atoms with E-state index in [9.17, 15) is 0 Å². The third kappa shape index (κ3) is 0.877. The summed E-state index contributed by atoms with van der Waals surface area (Å²) in [6, 6.07) is 0.878. The predicted octanol–water partition coefficient (Wildman–Crippen LogP) is 1.39. The fourth-order valence-electron chi connectivity index (χ4n) is 2.27.